The van der Waals surface area contributed by atoms with Gasteiger partial charge >= 0.3 is 11.9 Å². The molecule has 0 amide bonds. The Kier molecular flexibility index (Phi) is 9.35. The Balaban J connectivity index is 0.000000390. The summed E-state index contributed by atoms with van der Waals surface area (Å²) in [4.78, 5) is 19.6. The third-order valence-corrected chi connectivity index (χ3v) is 5.22. The number of hydrogen-bond acceptors (Lipinski definition) is 6. The maximum absolute atomic E-state index is 14.0. The highest BCUT2D eigenvalue weighted by atomic mass is 32.1. The molecule has 0 spiro atoms. The zero-order valence-electron chi connectivity index (χ0n) is 17.1. The number of benzene rings is 2. The number of carboxylic acid groups (broad SMARTS) is 2. The molecular formula is C23H21FN2O5S. The van der Waals surface area contributed by atoms with E-state index < -0.39 is 11.9 Å². The summed E-state index contributed by atoms with van der Waals surface area (Å²) in [6, 6.07) is 16.7. The first-order chi connectivity index (χ1) is 15.3. The molecule has 0 saturated heterocycles. The van der Waals surface area contributed by atoms with Gasteiger partial charge in [0, 0.05) is 24.0 Å². The minimum absolute atomic E-state index is 0.139. The molecule has 0 radical (unpaired) electrons. The van der Waals surface area contributed by atoms with Crippen molar-refractivity contribution in [2.24, 2.45) is 0 Å². The molecule has 0 aliphatic rings. The molecule has 9 heteroatoms. The molecule has 3 N–H and O–H groups in total. The van der Waals surface area contributed by atoms with Crippen LogP contribution in [0, 0.1) is 17.1 Å². The molecule has 0 saturated carbocycles. The van der Waals surface area contributed by atoms with E-state index in [1.807, 2.05) is 37.4 Å². The van der Waals surface area contributed by atoms with Gasteiger partial charge in [-0.25, -0.2) is 14.0 Å². The number of thiophene rings is 1. The van der Waals surface area contributed by atoms with E-state index in [0.717, 1.165) is 18.5 Å². The van der Waals surface area contributed by atoms with Crippen LogP contribution in [-0.2, 0) is 9.59 Å². The van der Waals surface area contributed by atoms with Crippen molar-refractivity contribution in [1.82, 2.24) is 5.32 Å². The van der Waals surface area contributed by atoms with Gasteiger partial charge in [-0.3, -0.25) is 0 Å². The second-order valence-corrected chi connectivity index (χ2v) is 7.48. The first kappa shape index (κ1) is 24.5. The molecule has 1 aromatic heterocycles. The van der Waals surface area contributed by atoms with Crippen LogP contribution in [0.25, 0.3) is 10.1 Å². The van der Waals surface area contributed by atoms with Crippen LogP contribution in [0.4, 0.5) is 4.39 Å². The summed E-state index contributed by atoms with van der Waals surface area (Å²) in [5, 5.41) is 28.3. The molecule has 0 bridgehead atoms. The molecule has 3 rings (SSSR count). The normalized spacial score (nSPS) is 11.4. The van der Waals surface area contributed by atoms with E-state index in [9.17, 15) is 14.0 Å². The molecule has 166 valence electrons. The number of carboxylic acids is 2. The minimum atomic E-state index is -1.26. The number of nitrogens with one attached hydrogen (secondary N) is 1. The van der Waals surface area contributed by atoms with Gasteiger partial charge in [0.25, 0.3) is 0 Å². The third kappa shape index (κ3) is 7.19. The van der Waals surface area contributed by atoms with Crippen LogP contribution in [0.5, 0.6) is 5.75 Å². The molecule has 3 aromatic rings. The highest BCUT2D eigenvalue weighted by Gasteiger charge is 2.17. The molecule has 1 heterocycles. The Morgan fingerprint density at radius 1 is 1.19 bits per heavy atom. The van der Waals surface area contributed by atoms with Gasteiger partial charge in [0.1, 0.15) is 28.6 Å². The molecule has 1 atom stereocenters. The minimum Gasteiger partial charge on any atom is -0.484 e. The van der Waals surface area contributed by atoms with Crippen molar-refractivity contribution in [3.05, 3.63) is 76.9 Å². The van der Waals surface area contributed by atoms with E-state index >= 15 is 0 Å². The molecular weight excluding hydrogens is 435 g/mol. The Morgan fingerprint density at radius 3 is 2.41 bits per heavy atom. The van der Waals surface area contributed by atoms with Crippen molar-refractivity contribution in [3.63, 3.8) is 0 Å². The van der Waals surface area contributed by atoms with Crippen LogP contribution >= 0.6 is 11.3 Å². The smallest absolute Gasteiger partial charge is 0.328 e. The number of carbonyl (C=O) groups is 2. The molecule has 0 unspecified atom stereocenters. The number of halogens is 1. The lowest BCUT2D eigenvalue weighted by molar-refractivity contribution is -0.134. The second-order valence-electron chi connectivity index (χ2n) is 6.43. The van der Waals surface area contributed by atoms with Crippen LogP contribution in [0.1, 0.15) is 23.0 Å². The van der Waals surface area contributed by atoms with E-state index in [1.165, 1.54) is 17.4 Å². The van der Waals surface area contributed by atoms with Crippen molar-refractivity contribution < 1.29 is 28.9 Å². The lowest BCUT2D eigenvalue weighted by atomic mass is 10.1. The number of nitriles is 1. The highest BCUT2D eigenvalue weighted by Crippen LogP contribution is 2.37. The molecule has 0 aliphatic heterocycles. The fourth-order valence-corrected chi connectivity index (χ4v) is 3.67. The summed E-state index contributed by atoms with van der Waals surface area (Å²) in [5.74, 6) is -2.23. The number of rotatable bonds is 8. The van der Waals surface area contributed by atoms with Crippen LogP contribution in [0.3, 0.4) is 0 Å². The van der Waals surface area contributed by atoms with E-state index in [0.29, 0.717) is 32.9 Å². The summed E-state index contributed by atoms with van der Waals surface area (Å²) in [7, 11) is 1.90. The lowest BCUT2D eigenvalue weighted by Crippen LogP contribution is -2.16. The zero-order valence-corrected chi connectivity index (χ0v) is 17.9. The maximum Gasteiger partial charge on any atom is 0.328 e. The van der Waals surface area contributed by atoms with E-state index in [4.69, 9.17) is 20.2 Å². The van der Waals surface area contributed by atoms with Crippen molar-refractivity contribution in [2.75, 3.05) is 13.6 Å². The number of nitrogens with zero attached hydrogens (tertiary/aromatic N) is 1. The van der Waals surface area contributed by atoms with Gasteiger partial charge in [0.15, 0.2) is 0 Å². The first-order valence-corrected chi connectivity index (χ1v) is 10.3. The Labute approximate surface area is 188 Å². The van der Waals surface area contributed by atoms with Gasteiger partial charge in [0.05, 0.1) is 4.70 Å². The first-order valence-electron chi connectivity index (χ1n) is 9.48. The second kappa shape index (κ2) is 12.2. The number of aliphatic carboxylic acids is 2. The molecule has 2 aromatic carbocycles. The largest absolute Gasteiger partial charge is 0.484 e. The number of fused-ring (bicyclic) bond motifs is 1. The van der Waals surface area contributed by atoms with Gasteiger partial charge in [0.2, 0.25) is 0 Å². The Hall–Kier alpha value is -3.74. The monoisotopic (exact) mass is 456 g/mol. The van der Waals surface area contributed by atoms with E-state index in [2.05, 4.69) is 11.4 Å². The van der Waals surface area contributed by atoms with E-state index in [1.54, 1.807) is 12.1 Å². The standard InChI is InChI=1S/C19H17FN2OS.C4H4O4/c1-22-10-9-17(13-5-3-2-4-6-13)23-18-8-7-16(20)15-11-14(12-21)24-19(15)18;5-3(6)1-2-4(7)8/h2-8,11,17,22H,9-10H2,1H3;1-2H,(H,5,6)(H,7,8)/t17-;/m1./s1. The maximum atomic E-state index is 14.0. The van der Waals surface area contributed by atoms with Gasteiger partial charge in [-0.15, -0.1) is 11.3 Å². The summed E-state index contributed by atoms with van der Waals surface area (Å²) in [6.07, 6.45) is 1.76. The average molecular weight is 456 g/mol. The SMILES string of the molecule is CNCC[C@@H](Oc1ccc(F)c2cc(C#N)sc12)c1ccccc1.O=C(O)C=CC(=O)O. The summed E-state index contributed by atoms with van der Waals surface area (Å²) in [5.41, 5.74) is 1.07. The zero-order chi connectivity index (χ0) is 23.5. The Morgan fingerprint density at radius 2 is 1.84 bits per heavy atom. The predicted molar refractivity (Wildman–Crippen MR) is 119 cm³/mol. The quantitative estimate of drug-likeness (QED) is 0.431. The molecule has 7 nitrogen and oxygen atoms in total. The Bertz CT molecular complexity index is 1120. The fraction of sp³-hybridized carbons (Fsp3) is 0.174. The van der Waals surface area contributed by atoms with Gasteiger partial charge in [-0.1, -0.05) is 30.3 Å². The van der Waals surface area contributed by atoms with Crippen LogP contribution < -0.4 is 10.1 Å². The fourth-order valence-electron chi connectivity index (χ4n) is 2.75. The van der Waals surface area contributed by atoms with Crippen LogP contribution in [0.15, 0.2) is 60.7 Å². The number of hydrogen-bond donors (Lipinski definition) is 3. The topological polar surface area (TPSA) is 120 Å². The third-order valence-electron chi connectivity index (χ3n) is 4.17. The highest BCUT2D eigenvalue weighted by molar-refractivity contribution is 7.19. The van der Waals surface area contributed by atoms with Crippen molar-refractivity contribution in [3.8, 4) is 11.8 Å². The lowest BCUT2D eigenvalue weighted by Gasteiger charge is -2.20. The summed E-state index contributed by atoms with van der Waals surface area (Å²) >= 11 is 1.26. The van der Waals surface area contributed by atoms with Crippen molar-refractivity contribution in [1.29, 1.82) is 5.26 Å². The predicted octanol–water partition coefficient (Wildman–Crippen LogP) is 4.35. The molecule has 0 fully saturated rings. The van der Waals surface area contributed by atoms with Crippen molar-refractivity contribution in [2.45, 2.75) is 12.5 Å². The van der Waals surface area contributed by atoms with Crippen molar-refractivity contribution >= 4 is 33.4 Å². The van der Waals surface area contributed by atoms with Gasteiger partial charge in [-0.2, -0.15) is 5.26 Å². The summed E-state index contributed by atoms with van der Waals surface area (Å²) < 4.78 is 20.9. The molecule has 0 aliphatic carbocycles. The van der Waals surface area contributed by atoms with Crippen LogP contribution in [0.2, 0.25) is 0 Å². The van der Waals surface area contributed by atoms with E-state index in [-0.39, 0.29) is 11.9 Å². The summed E-state index contributed by atoms with van der Waals surface area (Å²) in [6.45, 7) is 0.803. The van der Waals surface area contributed by atoms with Gasteiger partial charge < -0.3 is 20.3 Å². The van der Waals surface area contributed by atoms with Gasteiger partial charge in [-0.05, 0) is 37.4 Å². The average Bonchev–Trinajstić information content (AvgIpc) is 3.23. The van der Waals surface area contributed by atoms with Crippen LogP contribution in [-0.4, -0.2) is 35.7 Å². The number of ether oxygens (including phenoxy) is 1. The molecule has 32 heavy (non-hydrogen) atoms.